The number of hydrogen-bond donors (Lipinski definition) is 1. The number of rotatable bonds is 2. The molecule has 6 heteroatoms. The first-order valence-corrected chi connectivity index (χ1v) is 5.57. The molecule has 0 aromatic heterocycles. The van der Waals surface area contributed by atoms with Crippen molar-refractivity contribution < 1.29 is 19.1 Å². The molecule has 0 aliphatic heterocycles. The van der Waals surface area contributed by atoms with Gasteiger partial charge in [-0.25, -0.2) is 4.79 Å². The molecule has 5 nitrogen and oxygen atoms in total. The number of benzene rings is 1. The predicted octanol–water partition coefficient (Wildman–Crippen LogP) is 2.75. The third-order valence-electron chi connectivity index (χ3n) is 1.80. The number of hydrogen-bond acceptors (Lipinski definition) is 4. The molecule has 1 rings (SSSR count). The fraction of sp³-hybridized carbons (Fsp3) is 0.333. The second kappa shape index (κ2) is 5.27. The number of primary amides is 1. The number of carbonyl (C=O) groups is 2. The highest BCUT2D eigenvalue weighted by atomic mass is 35.5. The van der Waals surface area contributed by atoms with Gasteiger partial charge in [-0.3, -0.25) is 4.79 Å². The van der Waals surface area contributed by atoms with Crippen LogP contribution >= 0.6 is 11.6 Å². The van der Waals surface area contributed by atoms with E-state index in [1.807, 2.05) is 0 Å². The van der Waals surface area contributed by atoms with E-state index in [-0.39, 0.29) is 16.3 Å². The molecule has 98 valence electrons. The fourth-order valence-corrected chi connectivity index (χ4v) is 1.32. The molecule has 0 saturated heterocycles. The van der Waals surface area contributed by atoms with Crippen LogP contribution in [0.4, 0.5) is 4.79 Å². The molecule has 0 saturated carbocycles. The predicted molar refractivity (Wildman–Crippen MR) is 66.8 cm³/mol. The van der Waals surface area contributed by atoms with Crippen LogP contribution in [0.3, 0.4) is 0 Å². The molecule has 0 heterocycles. The summed E-state index contributed by atoms with van der Waals surface area (Å²) in [7, 11) is 0. The molecule has 2 N–H and O–H groups in total. The molecule has 0 radical (unpaired) electrons. The number of ether oxygens (including phenoxy) is 2. The first-order chi connectivity index (χ1) is 8.19. The maximum absolute atomic E-state index is 11.4. The van der Waals surface area contributed by atoms with Gasteiger partial charge >= 0.3 is 6.16 Å². The summed E-state index contributed by atoms with van der Waals surface area (Å²) >= 11 is 5.85. The lowest BCUT2D eigenvalue weighted by Gasteiger charge is -2.18. The van der Waals surface area contributed by atoms with Crippen molar-refractivity contribution >= 4 is 23.7 Å². The maximum atomic E-state index is 11.4. The van der Waals surface area contributed by atoms with Crippen LogP contribution in [0.25, 0.3) is 0 Å². The summed E-state index contributed by atoms with van der Waals surface area (Å²) in [4.78, 5) is 22.3. The Morgan fingerprint density at radius 1 is 1.28 bits per heavy atom. The Hall–Kier alpha value is -1.75. The summed E-state index contributed by atoms with van der Waals surface area (Å²) in [6.07, 6.45) is -0.865. The van der Waals surface area contributed by atoms with Crippen LogP contribution in [-0.2, 0) is 4.74 Å². The van der Waals surface area contributed by atoms with Crippen LogP contribution in [0.1, 0.15) is 31.1 Å². The van der Waals surface area contributed by atoms with E-state index < -0.39 is 17.7 Å². The maximum Gasteiger partial charge on any atom is 0.514 e. The number of halogens is 1. The van der Waals surface area contributed by atoms with Crippen molar-refractivity contribution in [2.75, 3.05) is 0 Å². The lowest BCUT2D eigenvalue weighted by Crippen LogP contribution is -2.26. The van der Waals surface area contributed by atoms with Gasteiger partial charge in [-0.05, 0) is 39.0 Å². The van der Waals surface area contributed by atoms with Crippen LogP contribution in [0.5, 0.6) is 5.75 Å². The van der Waals surface area contributed by atoms with Gasteiger partial charge in [0.1, 0.15) is 5.60 Å². The fourth-order valence-electron chi connectivity index (χ4n) is 1.10. The Morgan fingerprint density at radius 2 is 1.89 bits per heavy atom. The van der Waals surface area contributed by atoms with Crippen LogP contribution in [-0.4, -0.2) is 17.7 Å². The van der Waals surface area contributed by atoms with Crippen LogP contribution in [0, 0.1) is 0 Å². The molecule has 0 unspecified atom stereocenters. The van der Waals surface area contributed by atoms with Gasteiger partial charge in [0.25, 0.3) is 0 Å². The third-order valence-corrected chi connectivity index (χ3v) is 2.09. The molecule has 0 aliphatic carbocycles. The molecule has 18 heavy (non-hydrogen) atoms. The minimum atomic E-state index is -0.865. The minimum Gasteiger partial charge on any atom is -0.428 e. The summed E-state index contributed by atoms with van der Waals surface area (Å²) in [6, 6.07) is 4.11. The van der Waals surface area contributed by atoms with E-state index in [0.717, 1.165) is 0 Å². The monoisotopic (exact) mass is 271 g/mol. The van der Waals surface area contributed by atoms with Crippen LogP contribution < -0.4 is 10.5 Å². The number of nitrogens with two attached hydrogens (primary N) is 1. The number of amides is 1. The smallest absolute Gasteiger partial charge is 0.428 e. The molecule has 0 aliphatic rings. The molecule has 1 aromatic rings. The second-order valence-electron chi connectivity index (χ2n) is 4.58. The molecule has 0 fully saturated rings. The van der Waals surface area contributed by atoms with E-state index in [2.05, 4.69) is 0 Å². The van der Waals surface area contributed by atoms with Crippen LogP contribution in [0.15, 0.2) is 18.2 Å². The summed E-state index contributed by atoms with van der Waals surface area (Å²) in [6.45, 7) is 5.14. The second-order valence-corrected chi connectivity index (χ2v) is 4.98. The van der Waals surface area contributed by atoms with E-state index in [9.17, 15) is 9.59 Å². The van der Waals surface area contributed by atoms with Crippen molar-refractivity contribution in [3.63, 3.8) is 0 Å². The van der Waals surface area contributed by atoms with E-state index in [1.165, 1.54) is 18.2 Å². The zero-order chi connectivity index (χ0) is 13.9. The zero-order valence-electron chi connectivity index (χ0n) is 10.3. The van der Waals surface area contributed by atoms with Crippen molar-refractivity contribution in [1.82, 2.24) is 0 Å². The van der Waals surface area contributed by atoms with E-state index in [1.54, 1.807) is 20.8 Å². The Kier molecular flexibility index (Phi) is 4.19. The first kappa shape index (κ1) is 14.3. The van der Waals surface area contributed by atoms with Crippen molar-refractivity contribution in [3.05, 3.63) is 28.8 Å². The SMILES string of the molecule is CC(C)(C)OC(=O)Oc1ccc(C(N)=O)cc1Cl. The highest BCUT2D eigenvalue weighted by molar-refractivity contribution is 6.32. The Balaban J connectivity index is 2.80. The van der Waals surface area contributed by atoms with Gasteiger partial charge in [-0.1, -0.05) is 11.6 Å². The van der Waals surface area contributed by atoms with Gasteiger partial charge in [0.15, 0.2) is 5.75 Å². The average Bonchev–Trinajstić information content (AvgIpc) is 2.17. The third kappa shape index (κ3) is 4.25. The molecule has 0 spiro atoms. The summed E-state index contributed by atoms with van der Waals surface area (Å²) in [5, 5.41) is 0.108. The summed E-state index contributed by atoms with van der Waals surface area (Å²) in [5.41, 5.74) is 4.66. The van der Waals surface area contributed by atoms with E-state index >= 15 is 0 Å². The highest BCUT2D eigenvalue weighted by Crippen LogP contribution is 2.26. The summed E-state index contributed by atoms with van der Waals surface area (Å²) in [5.74, 6) is -0.503. The standard InChI is InChI=1S/C12H14ClNO4/c1-12(2,3)18-11(16)17-9-5-4-7(10(14)15)6-8(9)13/h4-6H,1-3H3,(H2,14,15). The van der Waals surface area contributed by atoms with Gasteiger partial charge < -0.3 is 15.2 Å². The van der Waals surface area contributed by atoms with Gasteiger partial charge in [0.2, 0.25) is 5.91 Å². The van der Waals surface area contributed by atoms with Crippen molar-refractivity contribution in [3.8, 4) is 5.75 Å². The topological polar surface area (TPSA) is 78.6 Å². The number of carbonyl (C=O) groups excluding carboxylic acids is 2. The summed E-state index contributed by atoms with van der Waals surface area (Å²) < 4.78 is 9.87. The van der Waals surface area contributed by atoms with Crippen molar-refractivity contribution in [1.29, 1.82) is 0 Å². The zero-order valence-corrected chi connectivity index (χ0v) is 11.1. The molecule has 1 aromatic carbocycles. The van der Waals surface area contributed by atoms with Crippen molar-refractivity contribution in [2.24, 2.45) is 5.73 Å². The average molecular weight is 272 g/mol. The lowest BCUT2D eigenvalue weighted by molar-refractivity contribution is 0.0206. The molecular formula is C12H14ClNO4. The normalized spacial score (nSPS) is 10.9. The van der Waals surface area contributed by atoms with Gasteiger partial charge in [-0.2, -0.15) is 0 Å². The quantitative estimate of drug-likeness (QED) is 0.663. The first-order valence-electron chi connectivity index (χ1n) is 5.19. The Bertz CT molecular complexity index is 479. The van der Waals surface area contributed by atoms with Gasteiger partial charge in [-0.15, -0.1) is 0 Å². The van der Waals surface area contributed by atoms with Crippen LogP contribution in [0.2, 0.25) is 5.02 Å². The highest BCUT2D eigenvalue weighted by Gasteiger charge is 2.19. The van der Waals surface area contributed by atoms with E-state index in [4.69, 9.17) is 26.8 Å². The molecular weight excluding hydrogens is 258 g/mol. The molecule has 0 bridgehead atoms. The van der Waals surface area contributed by atoms with Gasteiger partial charge in [0, 0.05) is 5.56 Å². The van der Waals surface area contributed by atoms with Gasteiger partial charge in [0.05, 0.1) is 5.02 Å². The van der Waals surface area contributed by atoms with E-state index in [0.29, 0.717) is 0 Å². The Labute approximate surface area is 110 Å². The van der Waals surface area contributed by atoms with Crippen molar-refractivity contribution in [2.45, 2.75) is 26.4 Å². The largest absolute Gasteiger partial charge is 0.514 e. The molecule has 0 atom stereocenters. The molecule has 1 amide bonds. The Morgan fingerprint density at radius 3 is 2.33 bits per heavy atom. The lowest BCUT2D eigenvalue weighted by atomic mass is 10.2. The minimum absolute atomic E-state index is 0.107.